The zero-order chi connectivity index (χ0) is 13.0. The molecule has 0 spiro atoms. The largest absolute Gasteiger partial charge is 0.347 e. The molecule has 0 aliphatic rings. The Hall–Kier alpha value is -1.75. The highest BCUT2D eigenvalue weighted by Gasteiger charge is 2.15. The molecule has 2 N–H and O–H groups in total. The Morgan fingerprint density at radius 1 is 1.44 bits per heavy atom. The Bertz CT molecular complexity index is 483. The third kappa shape index (κ3) is 2.92. The van der Waals surface area contributed by atoms with Crippen LogP contribution in [0, 0.1) is 5.82 Å². The second kappa shape index (κ2) is 5.73. The molecule has 0 aromatic carbocycles. The van der Waals surface area contributed by atoms with Gasteiger partial charge in [-0.25, -0.2) is 9.37 Å². The molecule has 4 nitrogen and oxygen atoms in total. The van der Waals surface area contributed by atoms with Crippen molar-refractivity contribution in [3.8, 4) is 0 Å². The molecule has 2 aromatic rings. The summed E-state index contributed by atoms with van der Waals surface area (Å²) in [6, 6.07) is 1.64. The van der Waals surface area contributed by atoms with Crippen molar-refractivity contribution in [2.45, 2.75) is 32.4 Å². The van der Waals surface area contributed by atoms with Gasteiger partial charge in [-0.2, -0.15) is 0 Å². The standard InChI is InChI=1S/C13H17FN4/c1-3-12(13-16-4-5-17-13)18-9(2)10-6-11(14)8-15-7-10/h4-9,12,18H,3H2,1-2H3,(H,16,17). The topological polar surface area (TPSA) is 53.6 Å². The third-order valence-electron chi connectivity index (χ3n) is 2.93. The van der Waals surface area contributed by atoms with Gasteiger partial charge >= 0.3 is 0 Å². The van der Waals surface area contributed by atoms with Crippen LogP contribution in [0.4, 0.5) is 4.39 Å². The van der Waals surface area contributed by atoms with Crippen molar-refractivity contribution < 1.29 is 4.39 Å². The molecule has 2 aromatic heterocycles. The average Bonchev–Trinajstić information content (AvgIpc) is 2.89. The maximum absolute atomic E-state index is 13.1. The minimum atomic E-state index is -0.313. The summed E-state index contributed by atoms with van der Waals surface area (Å²) in [5.41, 5.74) is 0.833. The van der Waals surface area contributed by atoms with E-state index in [2.05, 4.69) is 27.2 Å². The molecule has 0 saturated carbocycles. The lowest BCUT2D eigenvalue weighted by atomic mass is 10.1. The summed E-state index contributed by atoms with van der Waals surface area (Å²) in [4.78, 5) is 11.2. The summed E-state index contributed by atoms with van der Waals surface area (Å²) in [5, 5.41) is 3.41. The number of nitrogens with zero attached hydrogens (tertiary/aromatic N) is 2. The van der Waals surface area contributed by atoms with Crippen molar-refractivity contribution in [3.05, 3.63) is 48.1 Å². The van der Waals surface area contributed by atoms with Crippen LogP contribution in [0.1, 0.15) is 43.7 Å². The van der Waals surface area contributed by atoms with Crippen LogP contribution in [0.2, 0.25) is 0 Å². The van der Waals surface area contributed by atoms with Gasteiger partial charge in [0, 0.05) is 24.6 Å². The lowest BCUT2D eigenvalue weighted by Crippen LogP contribution is -2.25. The van der Waals surface area contributed by atoms with Gasteiger partial charge in [0.2, 0.25) is 0 Å². The summed E-state index contributed by atoms with van der Waals surface area (Å²) in [7, 11) is 0. The van der Waals surface area contributed by atoms with Gasteiger partial charge in [0.1, 0.15) is 11.6 Å². The number of nitrogens with one attached hydrogen (secondary N) is 2. The number of imidazole rings is 1. The number of pyridine rings is 1. The first-order chi connectivity index (χ1) is 8.70. The maximum Gasteiger partial charge on any atom is 0.141 e. The zero-order valence-corrected chi connectivity index (χ0v) is 10.5. The Labute approximate surface area is 106 Å². The summed E-state index contributed by atoms with van der Waals surface area (Å²) >= 11 is 0. The lowest BCUT2D eigenvalue weighted by molar-refractivity contribution is 0.439. The van der Waals surface area contributed by atoms with Gasteiger partial charge in [0.15, 0.2) is 0 Å². The van der Waals surface area contributed by atoms with Crippen molar-refractivity contribution in [1.82, 2.24) is 20.3 Å². The fraction of sp³-hybridized carbons (Fsp3) is 0.385. The molecule has 2 unspecified atom stereocenters. The van der Waals surface area contributed by atoms with E-state index in [1.54, 1.807) is 18.6 Å². The van der Waals surface area contributed by atoms with Crippen molar-refractivity contribution >= 4 is 0 Å². The van der Waals surface area contributed by atoms with E-state index in [1.165, 1.54) is 12.3 Å². The van der Waals surface area contributed by atoms with E-state index < -0.39 is 0 Å². The molecule has 96 valence electrons. The number of rotatable bonds is 5. The maximum atomic E-state index is 13.1. The highest BCUT2D eigenvalue weighted by molar-refractivity contribution is 5.15. The molecule has 0 aliphatic carbocycles. The van der Waals surface area contributed by atoms with Crippen LogP contribution in [0.25, 0.3) is 0 Å². The fourth-order valence-electron chi connectivity index (χ4n) is 1.92. The van der Waals surface area contributed by atoms with Gasteiger partial charge in [0.05, 0.1) is 12.2 Å². The summed E-state index contributed by atoms with van der Waals surface area (Å²) < 4.78 is 13.1. The van der Waals surface area contributed by atoms with Gasteiger partial charge in [-0.3, -0.25) is 4.98 Å². The van der Waals surface area contributed by atoms with Gasteiger partial charge in [-0.05, 0) is 25.0 Å². The molecular formula is C13H17FN4. The molecule has 0 radical (unpaired) electrons. The van der Waals surface area contributed by atoms with Gasteiger partial charge in [-0.15, -0.1) is 0 Å². The minimum Gasteiger partial charge on any atom is -0.347 e. The fourth-order valence-corrected chi connectivity index (χ4v) is 1.92. The molecule has 0 saturated heterocycles. The predicted octanol–water partition coefficient (Wildman–Crippen LogP) is 2.75. The Balaban J connectivity index is 2.08. The predicted molar refractivity (Wildman–Crippen MR) is 67.4 cm³/mol. The van der Waals surface area contributed by atoms with Crippen molar-refractivity contribution in [3.63, 3.8) is 0 Å². The van der Waals surface area contributed by atoms with E-state index in [1.807, 2.05) is 6.92 Å². The van der Waals surface area contributed by atoms with E-state index >= 15 is 0 Å². The Morgan fingerprint density at radius 2 is 2.28 bits per heavy atom. The first-order valence-corrected chi connectivity index (χ1v) is 6.06. The first-order valence-electron chi connectivity index (χ1n) is 6.06. The van der Waals surface area contributed by atoms with Gasteiger partial charge in [-0.1, -0.05) is 6.92 Å². The van der Waals surface area contributed by atoms with Crippen LogP contribution in [0.5, 0.6) is 0 Å². The molecule has 18 heavy (non-hydrogen) atoms. The highest BCUT2D eigenvalue weighted by Crippen LogP contribution is 2.19. The van der Waals surface area contributed by atoms with E-state index in [9.17, 15) is 4.39 Å². The number of halogens is 1. The van der Waals surface area contributed by atoms with Crippen LogP contribution in [0.3, 0.4) is 0 Å². The Kier molecular flexibility index (Phi) is 4.04. The zero-order valence-electron chi connectivity index (χ0n) is 10.5. The van der Waals surface area contributed by atoms with Crippen molar-refractivity contribution in [2.24, 2.45) is 0 Å². The summed E-state index contributed by atoms with van der Waals surface area (Å²) in [5.74, 6) is 0.584. The lowest BCUT2D eigenvalue weighted by Gasteiger charge is -2.20. The number of aromatic amines is 1. The summed E-state index contributed by atoms with van der Waals surface area (Å²) in [6.45, 7) is 4.07. The number of H-pyrrole nitrogens is 1. The Morgan fingerprint density at radius 3 is 2.89 bits per heavy atom. The van der Waals surface area contributed by atoms with Gasteiger partial charge < -0.3 is 10.3 Å². The monoisotopic (exact) mass is 248 g/mol. The highest BCUT2D eigenvalue weighted by atomic mass is 19.1. The van der Waals surface area contributed by atoms with Crippen molar-refractivity contribution in [1.29, 1.82) is 0 Å². The molecule has 0 aliphatic heterocycles. The molecule has 2 atom stereocenters. The number of hydrogen-bond acceptors (Lipinski definition) is 3. The average molecular weight is 248 g/mol. The van der Waals surface area contributed by atoms with E-state index in [0.29, 0.717) is 0 Å². The first kappa shape index (κ1) is 12.7. The normalized spacial score (nSPS) is 14.4. The SMILES string of the molecule is CCC(NC(C)c1cncc(F)c1)c1ncc[nH]1. The number of aromatic nitrogens is 3. The van der Waals surface area contributed by atoms with Crippen LogP contribution in [-0.4, -0.2) is 15.0 Å². The smallest absolute Gasteiger partial charge is 0.141 e. The molecule has 5 heteroatoms. The molecule has 0 amide bonds. The molecule has 0 bridgehead atoms. The van der Waals surface area contributed by atoms with Crippen LogP contribution in [-0.2, 0) is 0 Å². The van der Waals surface area contributed by atoms with E-state index in [4.69, 9.17) is 0 Å². The molecule has 0 fully saturated rings. The van der Waals surface area contributed by atoms with Crippen molar-refractivity contribution in [2.75, 3.05) is 0 Å². The van der Waals surface area contributed by atoms with E-state index in [-0.39, 0.29) is 17.9 Å². The van der Waals surface area contributed by atoms with E-state index in [0.717, 1.165) is 17.8 Å². The second-order valence-corrected chi connectivity index (χ2v) is 4.26. The second-order valence-electron chi connectivity index (χ2n) is 4.26. The van der Waals surface area contributed by atoms with Gasteiger partial charge in [0.25, 0.3) is 0 Å². The van der Waals surface area contributed by atoms with Crippen LogP contribution < -0.4 is 5.32 Å². The summed E-state index contributed by atoms with van der Waals surface area (Å²) in [6.07, 6.45) is 7.32. The van der Waals surface area contributed by atoms with Crippen LogP contribution in [0.15, 0.2) is 30.9 Å². The third-order valence-corrected chi connectivity index (χ3v) is 2.93. The van der Waals surface area contributed by atoms with Crippen LogP contribution >= 0.6 is 0 Å². The quantitative estimate of drug-likeness (QED) is 0.855. The molecular weight excluding hydrogens is 231 g/mol. The number of hydrogen-bond donors (Lipinski definition) is 2. The molecule has 2 rings (SSSR count). The minimum absolute atomic E-state index is 0.0169. The molecule has 2 heterocycles.